The quantitative estimate of drug-likeness (QED) is 0.829. The van der Waals surface area contributed by atoms with Gasteiger partial charge >= 0.3 is 0 Å². The molecule has 1 saturated heterocycles. The van der Waals surface area contributed by atoms with Crippen molar-refractivity contribution in [3.8, 4) is 0 Å². The van der Waals surface area contributed by atoms with E-state index in [1.165, 1.54) is 0 Å². The third kappa shape index (κ3) is 2.72. The molecule has 2 heterocycles. The standard InChI is InChI=1S/C13H22N4O/c1-3-5-15-12-7-14-8-13(16-12)17-6-4-10(2)11(17)9-18/h7-8,10-11,18H,3-6,9H2,1-2H3,(H,15,16). The fourth-order valence-electron chi connectivity index (χ4n) is 2.40. The average Bonchev–Trinajstić information content (AvgIpc) is 2.77. The van der Waals surface area contributed by atoms with Crippen molar-refractivity contribution in [1.82, 2.24) is 9.97 Å². The van der Waals surface area contributed by atoms with E-state index in [0.717, 1.165) is 37.6 Å². The molecule has 0 saturated carbocycles. The van der Waals surface area contributed by atoms with Crippen LogP contribution < -0.4 is 10.2 Å². The van der Waals surface area contributed by atoms with Gasteiger partial charge in [-0.15, -0.1) is 0 Å². The lowest BCUT2D eigenvalue weighted by molar-refractivity contribution is 0.244. The second kappa shape index (κ2) is 6.00. The van der Waals surface area contributed by atoms with Gasteiger partial charge in [-0.2, -0.15) is 0 Å². The molecule has 0 radical (unpaired) electrons. The molecular formula is C13H22N4O. The number of nitrogens with zero attached hydrogens (tertiary/aromatic N) is 3. The van der Waals surface area contributed by atoms with Gasteiger partial charge in [-0.1, -0.05) is 13.8 Å². The number of aromatic nitrogens is 2. The molecule has 1 aliphatic rings. The van der Waals surface area contributed by atoms with E-state index in [2.05, 4.69) is 34.0 Å². The van der Waals surface area contributed by atoms with Gasteiger partial charge in [0.05, 0.1) is 25.0 Å². The first kappa shape index (κ1) is 13.1. The van der Waals surface area contributed by atoms with Crippen LogP contribution in [0.5, 0.6) is 0 Å². The molecule has 100 valence electrons. The van der Waals surface area contributed by atoms with Gasteiger partial charge < -0.3 is 15.3 Å². The summed E-state index contributed by atoms with van der Waals surface area (Å²) in [4.78, 5) is 11.0. The predicted octanol–water partition coefficient (Wildman–Crippen LogP) is 1.51. The number of anilines is 2. The van der Waals surface area contributed by atoms with Gasteiger partial charge in [0.15, 0.2) is 0 Å². The molecule has 18 heavy (non-hydrogen) atoms. The minimum absolute atomic E-state index is 0.167. The van der Waals surface area contributed by atoms with Gasteiger partial charge in [0.25, 0.3) is 0 Å². The van der Waals surface area contributed by atoms with Crippen molar-refractivity contribution in [2.75, 3.05) is 29.9 Å². The van der Waals surface area contributed by atoms with Crippen LogP contribution in [0, 0.1) is 5.92 Å². The summed E-state index contributed by atoms with van der Waals surface area (Å²) < 4.78 is 0. The zero-order valence-corrected chi connectivity index (χ0v) is 11.1. The fraction of sp³-hybridized carbons (Fsp3) is 0.692. The molecule has 0 aliphatic carbocycles. The van der Waals surface area contributed by atoms with Gasteiger partial charge in [-0.3, -0.25) is 4.98 Å². The van der Waals surface area contributed by atoms with Crippen LogP contribution in [0.2, 0.25) is 0 Å². The molecule has 0 spiro atoms. The van der Waals surface area contributed by atoms with Gasteiger partial charge in [0, 0.05) is 13.1 Å². The van der Waals surface area contributed by atoms with E-state index in [4.69, 9.17) is 0 Å². The van der Waals surface area contributed by atoms with E-state index in [1.54, 1.807) is 12.4 Å². The van der Waals surface area contributed by atoms with Crippen LogP contribution >= 0.6 is 0 Å². The maximum absolute atomic E-state index is 9.47. The van der Waals surface area contributed by atoms with Crippen LogP contribution in [-0.4, -0.2) is 40.8 Å². The Morgan fingerprint density at radius 1 is 1.50 bits per heavy atom. The summed E-state index contributed by atoms with van der Waals surface area (Å²) >= 11 is 0. The van der Waals surface area contributed by atoms with E-state index in [1.807, 2.05) is 0 Å². The Kier molecular flexibility index (Phi) is 4.36. The van der Waals surface area contributed by atoms with Gasteiger partial charge in [-0.05, 0) is 18.8 Å². The van der Waals surface area contributed by atoms with Crippen molar-refractivity contribution < 1.29 is 5.11 Å². The van der Waals surface area contributed by atoms with Crippen LogP contribution in [0.4, 0.5) is 11.6 Å². The van der Waals surface area contributed by atoms with E-state index in [-0.39, 0.29) is 12.6 Å². The van der Waals surface area contributed by atoms with Crippen molar-refractivity contribution in [1.29, 1.82) is 0 Å². The van der Waals surface area contributed by atoms with E-state index < -0.39 is 0 Å². The summed E-state index contributed by atoms with van der Waals surface area (Å²) in [5, 5.41) is 12.7. The third-order valence-electron chi connectivity index (χ3n) is 3.54. The molecule has 1 aromatic rings. The molecule has 0 amide bonds. The summed E-state index contributed by atoms with van der Waals surface area (Å²) in [6, 6.07) is 0.167. The van der Waals surface area contributed by atoms with Crippen LogP contribution in [0.1, 0.15) is 26.7 Å². The third-order valence-corrected chi connectivity index (χ3v) is 3.54. The second-order valence-electron chi connectivity index (χ2n) is 4.90. The van der Waals surface area contributed by atoms with Crippen LogP contribution in [-0.2, 0) is 0 Å². The van der Waals surface area contributed by atoms with E-state index in [0.29, 0.717) is 5.92 Å². The Morgan fingerprint density at radius 3 is 3.06 bits per heavy atom. The molecule has 2 N–H and O–H groups in total. The highest BCUT2D eigenvalue weighted by Gasteiger charge is 2.31. The molecular weight excluding hydrogens is 228 g/mol. The summed E-state index contributed by atoms with van der Waals surface area (Å²) in [6.07, 6.45) is 5.68. The lowest BCUT2D eigenvalue weighted by atomic mass is 10.0. The number of rotatable bonds is 5. The SMILES string of the molecule is CCCNc1cncc(N2CCC(C)C2CO)n1. The lowest BCUT2D eigenvalue weighted by Crippen LogP contribution is -2.35. The number of aliphatic hydroxyl groups is 1. The van der Waals surface area contributed by atoms with Crippen molar-refractivity contribution >= 4 is 11.6 Å². The summed E-state index contributed by atoms with van der Waals surface area (Å²) in [5.41, 5.74) is 0. The monoisotopic (exact) mass is 250 g/mol. The minimum Gasteiger partial charge on any atom is -0.394 e. The fourth-order valence-corrected chi connectivity index (χ4v) is 2.40. The lowest BCUT2D eigenvalue weighted by Gasteiger charge is -2.26. The molecule has 2 rings (SSSR count). The Balaban J connectivity index is 2.12. The topological polar surface area (TPSA) is 61.3 Å². The zero-order chi connectivity index (χ0) is 13.0. The Morgan fingerprint density at radius 2 is 2.33 bits per heavy atom. The molecule has 5 heteroatoms. The van der Waals surface area contributed by atoms with Crippen molar-refractivity contribution in [3.63, 3.8) is 0 Å². The summed E-state index contributed by atoms with van der Waals surface area (Å²) in [7, 11) is 0. The minimum atomic E-state index is 0.167. The predicted molar refractivity (Wildman–Crippen MR) is 72.8 cm³/mol. The smallest absolute Gasteiger partial charge is 0.149 e. The van der Waals surface area contributed by atoms with Gasteiger partial charge in [0.2, 0.25) is 0 Å². The summed E-state index contributed by atoms with van der Waals surface area (Å²) in [6.45, 7) is 6.31. The van der Waals surface area contributed by atoms with Gasteiger partial charge in [-0.25, -0.2) is 4.98 Å². The highest BCUT2D eigenvalue weighted by Crippen LogP contribution is 2.28. The molecule has 0 aromatic carbocycles. The molecule has 1 aliphatic heterocycles. The number of hydrogen-bond donors (Lipinski definition) is 2. The highest BCUT2D eigenvalue weighted by molar-refractivity contribution is 5.45. The van der Waals surface area contributed by atoms with Crippen molar-refractivity contribution in [2.45, 2.75) is 32.7 Å². The zero-order valence-electron chi connectivity index (χ0n) is 11.1. The Labute approximate surface area is 108 Å². The highest BCUT2D eigenvalue weighted by atomic mass is 16.3. The first-order chi connectivity index (χ1) is 8.76. The van der Waals surface area contributed by atoms with Crippen molar-refractivity contribution in [3.05, 3.63) is 12.4 Å². The molecule has 2 atom stereocenters. The molecule has 1 aromatic heterocycles. The molecule has 5 nitrogen and oxygen atoms in total. The molecule has 2 unspecified atom stereocenters. The molecule has 0 bridgehead atoms. The van der Waals surface area contributed by atoms with E-state index >= 15 is 0 Å². The van der Waals surface area contributed by atoms with Gasteiger partial charge in [0.1, 0.15) is 11.6 Å². The number of aliphatic hydroxyl groups excluding tert-OH is 1. The van der Waals surface area contributed by atoms with Crippen LogP contribution in [0.3, 0.4) is 0 Å². The van der Waals surface area contributed by atoms with Crippen LogP contribution in [0.15, 0.2) is 12.4 Å². The van der Waals surface area contributed by atoms with Crippen molar-refractivity contribution in [2.24, 2.45) is 5.92 Å². The number of nitrogens with one attached hydrogen (secondary N) is 1. The first-order valence-corrected chi connectivity index (χ1v) is 6.69. The van der Waals surface area contributed by atoms with E-state index in [9.17, 15) is 5.11 Å². The van der Waals surface area contributed by atoms with Crippen LogP contribution in [0.25, 0.3) is 0 Å². The second-order valence-corrected chi connectivity index (χ2v) is 4.90. The normalized spacial score (nSPS) is 23.4. The Bertz CT molecular complexity index is 385. The maximum atomic E-state index is 9.47. The average molecular weight is 250 g/mol. The maximum Gasteiger partial charge on any atom is 0.149 e. The largest absolute Gasteiger partial charge is 0.394 e. The number of hydrogen-bond acceptors (Lipinski definition) is 5. The molecule has 1 fully saturated rings. The summed E-state index contributed by atoms with van der Waals surface area (Å²) in [5.74, 6) is 2.18. The first-order valence-electron chi connectivity index (χ1n) is 6.69. The Hall–Kier alpha value is -1.36.